The van der Waals surface area contributed by atoms with Crippen molar-refractivity contribution in [2.75, 3.05) is 18.0 Å². The smallest absolute Gasteiger partial charge is 0.266 e. The molecule has 0 aliphatic carbocycles. The van der Waals surface area contributed by atoms with Gasteiger partial charge in [-0.05, 0) is 62.9 Å². The first-order valence-corrected chi connectivity index (χ1v) is 10.4. The Morgan fingerprint density at radius 1 is 0.966 bits per heavy atom. The number of aldehydes is 1. The molecule has 0 atom stereocenters. The number of anilines is 1. The summed E-state index contributed by atoms with van der Waals surface area (Å²) in [5.41, 5.74) is 7.06. The molecule has 29 heavy (non-hydrogen) atoms. The van der Waals surface area contributed by atoms with Gasteiger partial charge in [-0.15, -0.1) is 0 Å². The van der Waals surface area contributed by atoms with Crippen molar-refractivity contribution in [3.63, 3.8) is 0 Å². The van der Waals surface area contributed by atoms with Crippen LogP contribution in [0.25, 0.3) is 16.8 Å². The molecule has 0 aliphatic rings. The number of rotatable bonds is 7. The van der Waals surface area contributed by atoms with Crippen LogP contribution in [-0.2, 0) is 0 Å². The molecule has 0 unspecified atom stereocenters. The molecular weight excluding hydrogens is 360 g/mol. The highest BCUT2D eigenvalue weighted by Crippen LogP contribution is 2.31. The molecule has 0 saturated carbocycles. The number of aromatic nitrogens is 1. The minimum absolute atomic E-state index is 0.199. The van der Waals surface area contributed by atoms with Gasteiger partial charge < -0.3 is 4.90 Å². The molecule has 2 heterocycles. The van der Waals surface area contributed by atoms with E-state index in [1.54, 1.807) is 10.5 Å². The van der Waals surface area contributed by atoms with E-state index in [0.717, 1.165) is 59.5 Å². The van der Waals surface area contributed by atoms with Crippen LogP contribution in [0, 0.1) is 20.8 Å². The summed E-state index contributed by atoms with van der Waals surface area (Å²) >= 11 is 0. The fourth-order valence-corrected chi connectivity index (χ4v) is 4.35. The van der Waals surface area contributed by atoms with Crippen LogP contribution >= 0.6 is 0 Å². The maximum absolute atomic E-state index is 13.2. The highest BCUT2D eigenvalue weighted by Gasteiger charge is 2.18. The molecule has 0 spiro atoms. The van der Waals surface area contributed by atoms with Crippen LogP contribution in [0.2, 0.25) is 0 Å². The zero-order valence-corrected chi connectivity index (χ0v) is 18.1. The minimum Gasteiger partial charge on any atom is -0.370 e. The van der Waals surface area contributed by atoms with E-state index < -0.39 is 0 Å². The van der Waals surface area contributed by atoms with Crippen LogP contribution in [0.4, 0.5) is 5.69 Å². The van der Waals surface area contributed by atoms with Gasteiger partial charge in [-0.25, -0.2) is 0 Å². The number of carbonyl (C=O) groups is 1. The first-order valence-electron chi connectivity index (χ1n) is 10.4. The Kier molecular flexibility index (Phi) is 6.21. The Morgan fingerprint density at radius 2 is 1.59 bits per heavy atom. The number of fused-ring (bicyclic) bond motifs is 1. The summed E-state index contributed by atoms with van der Waals surface area (Å²) < 4.78 is 1.72. The van der Waals surface area contributed by atoms with Crippen molar-refractivity contribution >= 4 is 17.5 Å². The molecule has 2 aromatic heterocycles. The lowest BCUT2D eigenvalue weighted by Crippen LogP contribution is -2.29. The number of nitrogens with zero attached hydrogens (tertiary/aromatic N) is 2. The lowest BCUT2D eigenvalue weighted by molar-refractivity contribution is 0.112. The van der Waals surface area contributed by atoms with Crippen LogP contribution in [0.5, 0.6) is 0 Å². The molecule has 0 radical (unpaired) electrons. The molecule has 0 bridgehead atoms. The predicted octanol–water partition coefficient (Wildman–Crippen LogP) is 5.33. The number of hydrogen-bond acceptors (Lipinski definition) is 3. The Bertz CT molecular complexity index is 1080. The number of hydrogen-bond donors (Lipinski definition) is 0. The van der Waals surface area contributed by atoms with E-state index in [0.29, 0.717) is 6.29 Å². The monoisotopic (exact) mass is 390 g/mol. The standard InChI is InChI=1S/C25H30N2O2/c1-6-11-26(12-7-2)23-15-20(16-28)25(29)27-21(23)9-8-10-22(27)24-18(4)13-17(3)14-19(24)5/h8-10,13-16H,6-7,11-12H2,1-5H3. The van der Waals surface area contributed by atoms with Gasteiger partial charge in [0.05, 0.1) is 22.5 Å². The normalized spacial score (nSPS) is 11.1. The highest BCUT2D eigenvalue weighted by atomic mass is 16.1. The second-order valence-corrected chi connectivity index (χ2v) is 7.80. The number of pyridine rings is 2. The van der Waals surface area contributed by atoms with Gasteiger partial charge >= 0.3 is 0 Å². The Hall–Kier alpha value is -2.88. The summed E-state index contributed by atoms with van der Waals surface area (Å²) in [5, 5.41) is 0. The van der Waals surface area contributed by atoms with Crippen molar-refractivity contribution in [2.45, 2.75) is 47.5 Å². The van der Waals surface area contributed by atoms with Crippen molar-refractivity contribution in [1.29, 1.82) is 0 Å². The zero-order chi connectivity index (χ0) is 21.1. The lowest BCUT2D eigenvalue weighted by Gasteiger charge is -2.26. The molecule has 0 fully saturated rings. The van der Waals surface area contributed by atoms with Gasteiger partial charge in [-0.1, -0.05) is 37.6 Å². The van der Waals surface area contributed by atoms with Gasteiger partial charge in [-0.3, -0.25) is 14.0 Å². The van der Waals surface area contributed by atoms with Gasteiger partial charge in [0, 0.05) is 18.7 Å². The Balaban J connectivity index is 2.43. The van der Waals surface area contributed by atoms with Crippen LogP contribution < -0.4 is 10.5 Å². The van der Waals surface area contributed by atoms with Gasteiger partial charge in [0.1, 0.15) is 0 Å². The van der Waals surface area contributed by atoms with Crippen molar-refractivity contribution < 1.29 is 4.79 Å². The molecule has 152 valence electrons. The molecule has 3 rings (SSSR count). The molecule has 4 heteroatoms. The van der Waals surface area contributed by atoms with E-state index in [1.165, 1.54) is 5.56 Å². The maximum atomic E-state index is 13.2. The molecule has 0 aliphatic heterocycles. The van der Waals surface area contributed by atoms with E-state index in [-0.39, 0.29) is 11.1 Å². The SMILES string of the molecule is CCCN(CCC)c1cc(C=O)c(=O)n2c(-c3c(C)cc(C)cc3C)cccc12. The van der Waals surface area contributed by atoms with Crippen molar-refractivity contribution in [1.82, 2.24) is 4.40 Å². The van der Waals surface area contributed by atoms with Gasteiger partial charge in [0.25, 0.3) is 5.56 Å². The van der Waals surface area contributed by atoms with Gasteiger partial charge in [0.15, 0.2) is 6.29 Å². The molecule has 1 aromatic carbocycles. The fraction of sp³-hybridized carbons (Fsp3) is 0.360. The number of benzene rings is 1. The third-order valence-electron chi connectivity index (χ3n) is 5.38. The van der Waals surface area contributed by atoms with E-state index in [4.69, 9.17) is 0 Å². The van der Waals surface area contributed by atoms with E-state index in [1.807, 2.05) is 18.2 Å². The zero-order valence-electron chi connectivity index (χ0n) is 18.1. The average Bonchev–Trinajstić information content (AvgIpc) is 2.67. The quantitative estimate of drug-likeness (QED) is 0.512. The second-order valence-electron chi connectivity index (χ2n) is 7.80. The Morgan fingerprint density at radius 3 is 2.14 bits per heavy atom. The third-order valence-corrected chi connectivity index (χ3v) is 5.38. The van der Waals surface area contributed by atoms with Crippen molar-refractivity contribution in [2.24, 2.45) is 0 Å². The number of aryl methyl sites for hydroxylation is 3. The average molecular weight is 391 g/mol. The second kappa shape index (κ2) is 8.64. The minimum atomic E-state index is -0.262. The maximum Gasteiger partial charge on any atom is 0.266 e. The number of carbonyl (C=O) groups excluding carboxylic acids is 1. The molecule has 0 N–H and O–H groups in total. The first-order chi connectivity index (χ1) is 13.9. The van der Waals surface area contributed by atoms with Crippen molar-refractivity contribution in [3.05, 3.63) is 69.0 Å². The highest BCUT2D eigenvalue weighted by molar-refractivity contribution is 5.85. The van der Waals surface area contributed by atoms with E-state index >= 15 is 0 Å². The van der Waals surface area contributed by atoms with Gasteiger partial charge in [0.2, 0.25) is 0 Å². The van der Waals surface area contributed by atoms with Crippen LogP contribution in [0.15, 0.2) is 41.2 Å². The molecular formula is C25H30N2O2. The van der Waals surface area contributed by atoms with E-state index in [2.05, 4.69) is 51.7 Å². The molecule has 0 amide bonds. The van der Waals surface area contributed by atoms with Crippen LogP contribution in [-0.4, -0.2) is 23.8 Å². The lowest BCUT2D eigenvalue weighted by atomic mass is 9.96. The van der Waals surface area contributed by atoms with Crippen molar-refractivity contribution in [3.8, 4) is 11.3 Å². The van der Waals surface area contributed by atoms with Crippen LogP contribution in [0.3, 0.4) is 0 Å². The van der Waals surface area contributed by atoms with E-state index in [9.17, 15) is 9.59 Å². The third kappa shape index (κ3) is 3.84. The Labute approximate surface area is 172 Å². The summed E-state index contributed by atoms with van der Waals surface area (Å²) in [7, 11) is 0. The largest absolute Gasteiger partial charge is 0.370 e. The summed E-state index contributed by atoms with van der Waals surface area (Å²) in [6.07, 6.45) is 2.68. The predicted molar refractivity (Wildman–Crippen MR) is 121 cm³/mol. The summed E-state index contributed by atoms with van der Waals surface area (Å²) in [5.74, 6) is 0. The topological polar surface area (TPSA) is 41.8 Å². The fourth-order valence-electron chi connectivity index (χ4n) is 4.35. The molecule has 3 aromatic rings. The summed E-state index contributed by atoms with van der Waals surface area (Å²) in [4.78, 5) is 27.3. The molecule has 4 nitrogen and oxygen atoms in total. The van der Waals surface area contributed by atoms with Crippen LogP contribution in [0.1, 0.15) is 53.7 Å². The van der Waals surface area contributed by atoms with Gasteiger partial charge in [-0.2, -0.15) is 0 Å². The first kappa shape index (κ1) is 20.8. The molecule has 0 saturated heterocycles. The summed E-state index contributed by atoms with van der Waals surface area (Å²) in [6.45, 7) is 12.3. The summed E-state index contributed by atoms with van der Waals surface area (Å²) in [6, 6.07) is 12.0.